The summed E-state index contributed by atoms with van der Waals surface area (Å²) in [4.78, 5) is 32.0. The van der Waals surface area contributed by atoms with Gasteiger partial charge in [0, 0.05) is 13.1 Å². The highest BCUT2D eigenvalue weighted by Gasteiger charge is 2.33. The normalized spacial score (nSPS) is 21.1. The Bertz CT molecular complexity index is 1200. The molecule has 1 saturated carbocycles. The summed E-state index contributed by atoms with van der Waals surface area (Å²) in [5, 5.41) is 3.62. The molecule has 0 spiro atoms. The Morgan fingerprint density at radius 1 is 1.27 bits per heavy atom. The molecule has 7 heteroatoms. The van der Waals surface area contributed by atoms with Crippen molar-refractivity contribution in [3.63, 3.8) is 0 Å². The van der Waals surface area contributed by atoms with Crippen LogP contribution in [0.3, 0.4) is 0 Å². The second kappa shape index (κ2) is 7.45. The highest BCUT2D eigenvalue weighted by molar-refractivity contribution is 5.74. The van der Waals surface area contributed by atoms with Crippen molar-refractivity contribution < 1.29 is 0 Å². The van der Waals surface area contributed by atoms with Crippen molar-refractivity contribution in [3.05, 3.63) is 56.2 Å². The largest absolute Gasteiger partial charge is 0.353 e. The summed E-state index contributed by atoms with van der Waals surface area (Å²) in [7, 11) is 1.64. The van der Waals surface area contributed by atoms with Gasteiger partial charge in [0.25, 0.3) is 5.56 Å². The molecule has 0 amide bonds. The molecule has 30 heavy (non-hydrogen) atoms. The van der Waals surface area contributed by atoms with Gasteiger partial charge >= 0.3 is 5.69 Å². The lowest BCUT2D eigenvalue weighted by atomic mass is 9.71. The first-order chi connectivity index (χ1) is 14.1. The summed E-state index contributed by atoms with van der Waals surface area (Å²) in [6.07, 6.45) is 3.31. The van der Waals surface area contributed by atoms with Crippen LogP contribution in [0, 0.1) is 18.3 Å². The van der Waals surface area contributed by atoms with Crippen LogP contribution in [0.2, 0.25) is 0 Å². The zero-order chi connectivity index (χ0) is 21.6. The molecule has 0 radical (unpaired) electrons. The number of aromatic nitrogens is 4. The SMILES string of the molecule is Cc1cccc(Cn2c(N[C@@H]3C[C@H](C)CC(C)(C)C3)nc3c2c(=O)[nH]c(=O)n3C)c1. The standard InChI is InChI=1S/C23H31N5O2/c1-14-7-6-8-16(9-14)13-28-18-19(27(5)22(30)26-20(18)29)25-21(28)24-17-10-15(2)11-23(3,4)12-17/h6-9,15,17H,10-13H2,1-5H3,(H,24,25)(H,26,29,30)/t15-,17+/m0/s1. The predicted octanol–water partition coefficient (Wildman–Crippen LogP) is 3.41. The minimum absolute atomic E-state index is 0.257. The van der Waals surface area contributed by atoms with Crippen molar-refractivity contribution >= 4 is 17.1 Å². The number of benzene rings is 1. The van der Waals surface area contributed by atoms with Gasteiger partial charge < -0.3 is 5.32 Å². The molecule has 7 nitrogen and oxygen atoms in total. The Balaban J connectivity index is 1.81. The molecule has 1 aromatic carbocycles. The van der Waals surface area contributed by atoms with E-state index < -0.39 is 11.2 Å². The van der Waals surface area contributed by atoms with Gasteiger partial charge in [-0.05, 0) is 43.1 Å². The predicted molar refractivity (Wildman–Crippen MR) is 120 cm³/mol. The van der Waals surface area contributed by atoms with E-state index in [9.17, 15) is 9.59 Å². The van der Waals surface area contributed by atoms with Crippen LogP contribution in [-0.2, 0) is 13.6 Å². The van der Waals surface area contributed by atoms with E-state index >= 15 is 0 Å². The lowest BCUT2D eigenvalue weighted by Gasteiger charge is -2.39. The van der Waals surface area contributed by atoms with Crippen LogP contribution in [0.4, 0.5) is 5.95 Å². The number of aromatic amines is 1. The van der Waals surface area contributed by atoms with Crippen molar-refractivity contribution in [2.45, 2.75) is 59.5 Å². The molecule has 4 rings (SSSR count). The Morgan fingerprint density at radius 2 is 2.03 bits per heavy atom. The first-order valence-electron chi connectivity index (χ1n) is 10.6. The summed E-state index contributed by atoms with van der Waals surface area (Å²) in [5.41, 5.74) is 2.47. The van der Waals surface area contributed by atoms with E-state index in [0.29, 0.717) is 29.6 Å². The zero-order valence-corrected chi connectivity index (χ0v) is 18.5. The van der Waals surface area contributed by atoms with E-state index in [1.165, 1.54) is 11.0 Å². The lowest BCUT2D eigenvalue weighted by Crippen LogP contribution is -2.36. The van der Waals surface area contributed by atoms with Crippen LogP contribution in [0.15, 0.2) is 33.9 Å². The molecule has 2 aromatic heterocycles. The number of fused-ring (bicyclic) bond motifs is 1. The fourth-order valence-corrected chi connectivity index (χ4v) is 5.13. The molecule has 1 aliphatic rings. The van der Waals surface area contributed by atoms with Crippen LogP contribution in [0.5, 0.6) is 0 Å². The minimum Gasteiger partial charge on any atom is -0.353 e. The fourth-order valence-electron chi connectivity index (χ4n) is 5.13. The van der Waals surface area contributed by atoms with Crippen molar-refractivity contribution in [2.24, 2.45) is 18.4 Å². The number of H-pyrrole nitrogens is 1. The molecule has 2 atom stereocenters. The molecule has 160 valence electrons. The van der Waals surface area contributed by atoms with Gasteiger partial charge in [-0.25, -0.2) is 4.79 Å². The van der Waals surface area contributed by atoms with Crippen molar-refractivity contribution in [2.75, 3.05) is 5.32 Å². The monoisotopic (exact) mass is 409 g/mol. The molecular weight excluding hydrogens is 378 g/mol. The van der Waals surface area contributed by atoms with Gasteiger partial charge in [0.15, 0.2) is 11.2 Å². The van der Waals surface area contributed by atoms with E-state index in [1.807, 2.05) is 16.7 Å². The maximum Gasteiger partial charge on any atom is 0.329 e. The third-order valence-corrected chi connectivity index (χ3v) is 6.15. The number of rotatable bonds is 4. The molecular formula is C23H31N5O2. The van der Waals surface area contributed by atoms with Crippen LogP contribution < -0.4 is 16.6 Å². The van der Waals surface area contributed by atoms with Crippen molar-refractivity contribution in [1.82, 2.24) is 19.1 Å². The molecule has 0 saturated heterocycles. The van der Waals surface area contributed by atoms with E-state index in [1.54, 1.807) is 7.05 Å². The zero-order valence-electron chi connectivity index (χ0n) is 18.5. The fraction of sp³-hybridized carbons (Fsp3) is 0.522. The topological polar surface area (TPSA) is 84.7 Å². The number of aryl methyl sites for hydroxylation is 2. The minimum atomic E-state index is -0.452. The molecule has 0 aliphatic heterocycles. The van der Waals surface area contributed by atoms with E-state index in [-0.39, 0.29) is 11.5 Å². The molecule has 2 N–H and O–H groups in total. The Labute approximate surface area is 176 Å². The third-order valence-electron chi connectivity index (χ3n) is 6.15. The highest BCUT2D eigenvalue weighted by Crippen LogP contribution is 2.39. The second-order valence-corrected chi connectivity index (χ2v) is 9.76. The third kappa shape index (κ3) is 3.93. The number of nitrogens with zero attached hydrogens (tertiary/aromatic N) is 3. The summed E-state index contributed by atoms with van der Waals surface area (Å²) >= 11 is 0. The molecule has 2 heterocycles. The molecule has 0 unspecified atom stereocenters. The smallest absolute Gasteiger partial charge is 0.329 e. The first kappa shape index (κ1) is 20.4. The van der Waals surface area contributed by atoms with E-state index in [4.69, 9.17) is 4.98 Å². The molecule has 3 aromatic rings. The van der Waals surface area contributed by atoms with Gasteiger partial charge in [-0.3, -0.25) is 18.9 Å². The summed E-state index contributed by atoms with van der Waals surface area (Å²) < 4.78 is 3.32. The summed E-state index contributed by atoms with van der Waals surface area (Å²) in [6, 6.07) is 8.49. The average Bonchev–Trinajstić information content (AvgIpc) is 2.97. The van der Waals surface area contributed by atoms with Crippen molar-refractivity contribution in [1.29, 1.82) is 0 Å². The van der Waals surface area contributed by atoms with Crippen molar-refractivity contribution in [3.8, 4) is 0 Å². The highest BCUT2D eigenvalue weighted by atomic mass is 16.2. The number of nitrogens with one attached hydrogen (secondary N) is 2. The second-order valence-electron chi connectivity index (χ2n) is 9.76. The molecule has 0 bridgehead atoms. The Morgan fingerprint density at radius 3 is 2.73 bits per heavy atom. The van der Waals surface area contributed by atoms with Crippen LogP contribution in [-0.4, -0.2) is 25.1 Å². The average molecular weight is 410 g/mol. The van der Waals surface area contributed by atoms with Crippen LogP contribution in [0.1, 0.15) is 51.2 Å². The van der Waals surface area contributed by atoms with Gasteiger partial charge in [-0.2, -0.15) is 4.98 Å². The van der Waals surface area contributed by atoms with E-state index in [0.717, 1.165) is 24.0 Å². The van der Waals surface area contributed by atoms with Gasteiger partial charge in [-0.15, -0.1) is 0 Å². The van der Waals surface area contributed by atoms with Crippen LogP contribution >= 0.6 is 0 Å². The van der Waals surface area contributed by atoms with Gasteiger partial charge in [0.2, 0.25) is 5.95 Å². The Hall–Kier alpha value is -2.83. The van der Waals surface area contributed by atoms with Gasteiger partial charge in [-0.1, -0.05) is 50.6 Å². The van der Waals surface area contributed by atoms with E-state index in [2.05, 4.69) is 50.1 Å². The summed E-state index contributed by atoms with van der Waals surface area (Å²) in [6.45, 7) is 9.47. The van der Waals surface area contributed by atoms with Gasteiger partial charge in [0.05, 0.1) is 6.54 Å². The Kier molecular flexibility index (Phi) is 5.08. The maximum absolute atomic E-state index is 12.7. The van der Waals surface area contributed by atoms with Crippen LogP contribution in [0.25, 0.3) is 11.2 Å². The molecule has 1 fully saturated rings. The number of hydrogen-bond acceptors (Lipinski definition) is 4. The maximum atomic E-state index is 12.7. The number of anilines is 1. The first-order valence-corrected chi connectivity index (χ1v) is 10.6. The number of imidazole rings is 1. The summed E-state index contributed by atoms with van der Waals surface area (Å²) in [5.74, 6) is 1.27. The lowest BCUT2D eigenvalue weighted by molar-refractivity contribution is 0.177. The molecule has 1 aliphatic carbocycles. The van der Waals surface area contributed by atoms with Gasteiger partial charge in [0.1, 0.15) is 0 Å². The number of hydrogen-bond donors (Lipinski definition) is 2. The quantitative estimate of drug-likeness (QED) is 0.692.